The molecule has 4 heterocycles. The van der Waals surface area contributed by atoms with E-state index in [1.54, 1.807) is 12.3 Å². The van der Waals surface area contributed by atoms with Crippen molar-refractivity contribution in [3.05, 3.63) is 45.6 Å². The lowest BCUT2D eigenvalue weighted by atomic mass is 9.77. The molecular weight excluding hydrogens is 376 g/mol. The molecule has 1 N–H and O–H groups in total. The van der Waals surface area contributed by atoms with E-state index in [0.29, 0.717) is 23.3 Å². The molecule has 0 bridgehead atoms. The molecule has 2 fully saturated rings. The molecule has 4 atom stereocenters. The van der Waals surface area contributed by atoms with Gasteiger partial charge in [0.1, 0.15) is 5.01 Å². The average Bonchev–Trinajstić information content (AvgIpc) is 3.39. The fraction of sp³-hybridized carbons (Fsp3) is 0.579. The molecule has 0 spiro atoms. The Labute approximate surface area is 166 Å². The smallest absolute Gasteiger partial charge is 0.275 e. The molecule has 3 aromatic heterocycles. The number of likely N-dealkylation sites (tertiary alicyclic amines) is 1. The molecule has 148 valence electrons. The summed E-state index contributed by atoms with van der Waals surface area (Å²) in [5, 5.41) is 20.2. The number of nitrogens with zero attached hydrogens (tertiary/aromatic N) is 6. The first-order chi connectivity index (χ1) is 13.6. The van der Waals surface area contributed by atoms with Gasteiger partial charge in [0, 0.05) is 38.1 Å². The van der Waals surface area contributed by atoms with Crippen LogP contribution in [0.4, 0.5) is 0 Å². The maximum absolute atomic E-state index is 12.4. The maximum atomic E-state index is 12.4. The molecule has 28 heavy (non-hydrogen) atoms. The Morgan fingerprint density at radius 1 is 1.29 bits per heavy atom. The van der Waals surface area contributed by atoms with Crippen molar-refractivity contribution in [1.82, 2.24) is 29.3 Å². The number of hydrogen-bond acceptors (Lipinski definition) is 7. The molecule has 8 nitrogen and oxygen atoms in total. The SMILES string of the molecule is CCc1nn2c(=O)cc(CN3C[C@H]4C[C@@H](n5cccn5)[C@H](O)C[C@H]4C3)nc2s1. The minimum absolute atomic E-state index is 0.0555. The fourth-order valence-electron chi connectivity index (χ4n) is 4.74. The van der Waals surface area contributed by atoms with Crippen molar-refractivity contribution in [3.63, 3.8) is 0 Å². The molecule has 0 amide bonds. The first-order valence-electron chi connectivity index (χ1n) is 9.89. The van der Waals surface area contributed by atoms with E-state index in [1.807, 2.05) is 23.9 Å². The lowest BCUT2D eigenvalue weighted by molar-refractivity contribution is 0.0306. The molecule has 5 rings (SSSR count). The highest BCUT2D eigenvalue weighted by molar-refractivity contribution is 7.16. The lowest BCUT2D eigenvalue weighted by Gasteiger charge is -2.35. The Balaban J connectivity index is 1.31. The van der Waals surface area contributed by atoms with Crippen LogP contribution in [0.1, 0.15) is 36.5 Å². The van der Waals surface area contributed by atoms with Crippen LogP contribution in [0, 0.1) is 11.8 Å². The second-order valence-electron chi connectivity index (χ2n) is 7.94. The number of aryl methyl sites for hydroxylation is 1. The Morgan fingerprint density at radius 3 is 2.86 bits per heavy atom. The average molecular weight is 401 g/mol. The van der Waals surface area contributed by atoms with Crippen LogP contribution in [0.5, 0.6) is 0 Å². The number of aliphatic hydroxyl groups is 1. The molecule has 2 aliphatic rings. The van der Waals surface area contributed by atoms with Gasteiger partial charge < -0.3 is 5.11 Å². The molecular formula is C19H24N6O2S. The van der Waals surface area contributed by atoms with Crippen molar-refractivity contribution in [2.75, 3.05) is 13.1 Å². The lowest BCUT2D eigenvalue weighted by Crippen LogP contribution is -2.36. The molecule has 0 radical (unpaired) electrons. The Bertz CT molecular complexity index is 1030. The predicted octanol–water partition coefficient (Wildman–Crippen LogP) is 1.35. The maximum Gasteiger partial charge on any atom is 0.275 e. The van der Waals surface area contributed by atoms with E-state index in [1.165, 1.54) is 15.9 Å². The summed E-state index contributed by atoms with van der Waals surface area (Å²) in [6.45, 7) is 4.61. The van der Waals surface area contributed by atoms with E-state index in [4.69, 9.17) is 0 Å². The summed E-state index contributed by atoms with van der Waals surface area (Å²) >= 11 is 1.48. The number of hydrogen-bond donors (Lipinski definition) is 1. The van der Waals surface area contributed by atoms with E-state index in [9.17, 15) is 9.90 Å². The van der Waals surface area contributed by atoms with Gasteiger partial charge >= 0.3 is 0 Å². The third-order valence-electron chi connectivity index (χ3n) is 6.08. The Hall–Kier alpha value is -2.10. The summed E-state index contributed by atoms with van der Waals surface area (Å²) in [5.74, 6) is 1.03. The van der Waals surface area contributed by atoms with Gasteiger partial charge in [-0.1, -0.05) is 18.3 Å². The summed E-state index contributed by atoms with van der Waals surface area (Å²) in [6.07, 6.45) is 5.89. The third kappa shape index (κ3) is 3.17. The normalized spacial score (nSPS) is 28.1. The predicted molar refractivity (Wildman–Crippen MR) is 105 cm³/mol. The fourth-order valence-corrected chi connectivity index (χ4v) is 5.60. The van der Waals surface area contributed by atoms with Gasteiger partial charge in [0.25, 0.3) is 5.56 Å². The highest BCUT2D eigenvalue weighted by atomic mass is 32.1. The van der Waals surface area contributed by atoms with Crippen molar-refractivity contribution in [3.8, 4) is 0 Å². The minimum atomic E-state index is -0.357. The van der Waals surface area contributed by atoms with Gasteiger partial charge in [-0.3, -0.25) is 14.4 Å². The zero-order chi connectivity index (χ0) is 19.3. The minimum Gasteiger partial charge on any atom is -0.391 e. The second kappa shape index (κ2) is 7.06. The van der Waals surface area contributed by atoms with Crippen molar-refractivity contribution < 1.29 is 5.11 Å². The monoisotopic (exact) mass is 400 g/mol. The van der Waals surface area contributed by atoms with Crippen LogP contribution in [-0.4, -0.2) is 53.6 Å². The summed E-state index contributed by atoms with van der Waals surface area (Å²) in [6, 6.07) is 3.57. The van der Waals surface area contributed by atoms with Gasteiger partial charge in [0.2, 0.25) is 4.96 Å². The highest BCUT2D eigenvalue weighted by Crippen LogP contribution is 2.41. The van der Waals surface area contributed by atoms with Crippen molar-refractivity contribution in [2.24, 2.45) is 11.8 Å². The van der Waals surface area contributed by atoms with Gasteiger partial charge in [-0.15, -0.1) is 0 Å². The molecule has 3 aromatic rings. The summed E-state index contributed by atoms with van der Waals surface area (Å²) < 4.78 is 3.30. The van der Waals surface area contributed by atoms with Gasteiger partial charge in [-0.25, -0.2) is 4.98 Å². The number of aromatic nitrogens is 5. The van der Waals surface area contributed by atoms with Crippen LogP contribution >= 0.6 is 11.3 Å². The second-order valence-corrected chi connectivity index (χ2v) is 8.98. The van der Waals surface area contributed by atoms with E-state index < -0.39 is 0 Å². The van der Waals surface area contributed by atoms with Crippen LogP contribution in [0.2, 0.25) is 0 Å². The standard InChI is InChI=1S/C19H24N6O2S/c1-2-17-22-25-18(27)8-14(21-19(25)28-17)11-23-9-12-6-15(24-5-3-4-20-24)16(26)7-13(12)10-23/h3-5,8,12-13,15-16,26H,2,6-7,9-11H2,1H3/t12-,13+,15-,16-/m1/s1. The van der Waals surface area contributed by atoms with E-state index in [0.717, 1.165) is 43.1 Å². The number of aliphatic hydroxyl groups excluding tert-OH is 1. The first kappa shape index (κ1) is 18.0. The van der Waals surface area contributed by atoms with E-state index >= 15 is 0 Å². The van der Waals surface area contributed by atoms with Gasteiger partial charge in [0.05, 0.1) is 17.8 Å². The van der Waals surface area contributed by atoms with Crippen LogP contribution in [0.25, 0.3) is 4.96 Å². The summed E-state index contributed by atoms with van der Waals surface area (Å²) in [5.41, 5.74) is 0.695. The zero-order valence-corrected chi connectivity index (χ0v) is 16.6. The zero-order valence-electron chi connectivity index (χ0n) is 15.8. The van der Waals surface area contributed by atoms with Crippen LogP contribution in [0.15, 0.2) is 29.3 Å². The summed E-state index contributed by atoms with van der Waals surface area (Å²) in [7, 11) is 0. The Morgan fingerprint density at radius 2 is 2.11 bits per heavy atom. The molecule has 0 aromatic carbocycles. The summed E-state index contributed by atoms with van der Waals surface area (Å²) in [4.78, 5) is 20.1. The van der Waals surface area contributed by atoms with Gasteiger partial charge in [-0.05, 0) is 37.2 Å². The van der Waals surface area contributed by atoms with Crippen LogP contribution in [-0.2, 0) is 13.0 Å². The molecule has 1 aliphatic heterocycles. The number of fused-ring (bicyclic) bond motifs is 2. The van der Waals surface area contributed by atoms with Crippen molar-refractivity contribution in [1.29, 1.82) is 0 Å². The van der Waals surface area contributed by atoms with Gasteiger partial charge in [0.15, 0.2) is 0 Å². The molecule has 9 heteroatoms. The van der Waals surface area contributed by atoms with Crippen molar-refractivity contribution in [2.45, 2.75) is 44.9 Å². The number of rotatable bonds is 4. The van der Waals surface area contributed by atoms with Crippen LogP contribution < -0.4 is 5.56 Å². The largest absolute Gasteiger partial charge is 0.391 e. The van der Waals surface area contributed by atoms with Crippen molar-refractivity contribution >= 4 is 16.3 Å². The molecule has 1 saturated carbocycles. The quantitative estimate of drug-likeness (QED) is 0.711. The third-order valence-corrected chi connectivity index (χ3v) is 7.13. The van der Waals surface area contributed by atoms with Gasteiger partial charge in [-0.2, -0.15) is 14.7 Å². The van der Waals surface area contributed by atoms with E-state index in [2.05, 4.69) is 20.1 Å². The van der Waals surface area contributed by atoms with Crippen LogP contribution in [0.3, 0.4) is 0 Å². The Kier molecular flexibility index (Phi) is 4.53. The molecule has 1 aliphatic carbocycles. The molecule has 0 unspecified atom stereocenters. The molecule has 1 saturated heterocycles. The highest BCUT2D eigenvalue weighted by Gasteiger charge is 2.42. The topological polar surface area (TPSA) is 88.6 Å². The first-order valence-corrected chi connectivity index (χ1v) is 10.7. The van der Waals surface area contributed by atoms with E-state index in [-0.39, 0.29) is 17.7 Å².